The zero-order valence-corrected chi connectivity index (χ0v) is 12.7. The molecule has 0 spiro atoms. The van der Waals surface area contributed by atoms with Gasteiger partial charge in [0.15, 0.2) is 0 Å². The molecule has 1 aliphatic rings. The number of rotatable bonds is 2. The van der Waals surface area contributed by atoms with Gasteiger partial charge < -0.3 is 0 Å². The van der Waals surface area contributed by atoms with Gasteiger partial charge in [0.2, 0.25) is 5.91 Å². The van der Waals surface area contributed by atoms with Crippen molar-refractivity contribution in [3.63, 3.8) is 0 Å². The van der Waals surface area contributed by atoms with Crippen LogP contribution in [-0.4, -0.2) is 15.5 Å². The molecule has 1 fully saturated rings. The lowest BCUT2D eigenvalue weighted by atomic mass is 10.1. The number of hydrogen-bond donors (Lipinski definition) is 0. The van der Waals surface area contributed by atoms with E-state index in [2.05, 4.69) is 4.98 Å². The third-order valence-electron chi connectivity index (χ3n) is 4.17. The lowest BCUT2D eigenvalue weighted by molar-refractivity contribution is 0.0873. The number of carbonyl (C=O) groups excluding carboxylic acids is 1. The highest BCUT2D eigenvalue weighted by molar-refractivity contribution is 6.55. The summed E-state index contributed by atoms with van der Waals surface area (Å²) in [7, 11) is 0. The number of aromatic nitrogens is 2. The van der Waals surface area contributed by atoms with Gasteiger partial charge in [-0.15, -0.1) is 0 Å². The molecule has 104 valence electrons. The number of nitrogens with zero attached hydrogens (tertiary/aromatic N) is 2. The van der Waals surface area contributed by atoms with Crippen molar-refractivity contribution >= 4 is 40.1 Å². The van der Waals surface area contributed by atoms with Crippen molar-refractivity contribution in [1.29, 1.82) is 0 Å². The van der Waals surface area contributed by atoms with Gasteiger partial charge in [0.1, 0.15) is 10.8 Å². The SMILES string of the molecule is CC1(C)[C@H](C=C(Cl)Cl)[C@@H]1C(=O)n1cnc2ccccc21. The molecule has 20 heavy (non-hydrogen) atoms. The summed E-state index contributed by atoms with van der Waals surface area (Å²) in [5, 5.41) is 0. The first-order valence-corrected chi connectivity index (χ1v) is 7.17. The molecule has 0 unspecified atom stereocenters. The average molecular weight is 309 g/mol. The normalized spacial score (nSPS) is 23.6. The summed E-state index contributed by atoms with van der Waals surface area (Å²) < 4.78 is 1.84. The minimum atomic E-state index is -0.127. The quantitative estimate of drug-likeness (QED) is 0.830. The van der Waals surface area contributed by atoms with Crippen LogP contribution in [0.4, 0.5) is 0 Å². The van der Waals surface area contributed by atoms with Crippen LogP contribution in [0.1, 0.15) is 18.6 Å². The van der Waals surface area contributed by atoms with Crippen molar-refractivity contribution in [1.82, 2.24) is 9.55 Å². The Morgan fingerprint density at radius 3 is 2.75 bits per heavy atom. The molecule has 0 N–H and O–H groups in total. The molecule has 0 bridgehead atoms. The molecule has 0 aliphatic heterocycles. The standard InChI is InChI=1S/C15H14Cl2N2O/c1-15(2)9(7-12(16)17)13(15)14(20)19-8-18-10-5-3-4-6-11(10)19/h3-9,13H,1-2H3/t9-,13-/m1/s1. The first-order valence-electron chi connectivity index (χ1n) is 6.42. The number of para-hydroxylation sites is 2. The fraction of sp³-hybridized carbons (Fsp3) is 0.333. The van der Waals surface area contributed by atoms with Gasteiger partial charge in [-0.2, -0.15) is 0 Å². The lowest BCUT2D eigenvalue weighted by Crippen LogP contribution is -2.14. The number of hydrogen-bond acceptors (Lipinski definition) is 2. The van der Waals surface area contributed by atoms with Crippen LogP contribution in [0, 0.1) is 17.3 Å². The van der Waals surface area contributed by atoms with Gasteiger partial charge in [-0.1, -0.05) is 49.2 Å². The highest BCUT2D eigenvalue weighted by Gasteiger charge is 2.61. The van der Waals surface area contributed by atoms with Crippen LogP contribution in [0.5, 0.6) is 0 Å². The predicted molar refractivity (Wildman–Crippen MR) is 80.9 cm³/mol. The van der Waals surface area contributed by atoms with E-state index >= 15 is 0 Å². The van der Waals surface area contributed by atoms with E-state index < -0.39 is 0 Å². The number of carbonyl (C=O) groups is 1. The van der Waals surface area contributed by atoms with Crippen molar-refractivity contribution in [2.75, 3.05) is 0 Å². The first-order chi connectivity index (χ1) is 9.43. The van der Waals surface area contributed by atoms with Gasteiger partial charge in [-0.25, -0.2) is 4.98 Å². The second-order valence-electron chi connectivity index (χ2n) is 5.72. The molecule has 3 rings (SSSR count). The Morgan fingerprint density at radius 2 is 2.05 bits per heavy atom. The lowest BCUT2D eigenvalue weighted by Gasteiger charge is -2.04. The maximum atomic E-state index is 12.7. The Labute approximate surface area is 127 Å². The number of benzene rings is 1. The average Bonchev–Trinajstić information content (AvgIpc) is 2.75. The molecule has 1 saturated carbocycles. The Balaban J connectivity index is 1.96. The molecular formula is C15H14Cl2N2O. The van der Waals surface area contributed by atoms with Crippen molar-refractivity contribution in [2.45, 2.75) is 13.8 Å². The second-order valence-corrected chi connectivity index (χ2v) is 6.73. The van der Waals surface area contributed by atoms with Gasteiger partial charge in [-0.05, 0) is 29.5 Å². The molecule has 0 saturated heterocycles. The van der Waals surface area contributed by atoms with Crippen molar-refractivity contribution < 1.29 is 4.79 Å². The van der Waals surface area contributed by atoms with Gasteiger partial charge in [-0.3, -0.25) is 9.36 Å². The fourth-order valence-electron chi connectivity index (χ4n) is 2.88. The highest BCUT2D eigenvalue weighted by Crippen LogP contribution is 2.60. The van der Waals surface area contributed by atoms with E-state index in [0.717, 1.165) is 11.0 Å². The third-order valence-corrected chi connectivity index (χ3v) is 4.43. The Bertz CT molecular complexity index is 713. The summed E-state index contributed by atoms with van der Waals surface area (Å²) in [4.78, 5) is 17.0. The maximum absolute atomic E-state index is 12.7. The van der Waals surface area contributed by atoms with Crippen LogP contribution >= 0.6 is 23.2 Å². The molecule has 1 aliphatic carbocycles. The molecule has 1 aromatic carbocycles. The molecule has 2 atom stereocenters. The number of allylic oxidation sites excluding steroid dienone is 1. The monoisotopic (exact) mass is 308 g/mol. The minimum absolute atomic E-state index is 0.0412. The number of imidazole rings is 1. The highest BCUT2D eigenvalue weighted by atomic mass is 35.5. The van der Waals surface area contributed by atoms with Gasteiger partial charge in [0.05, 0.1) is 17.0 Å². The van der Waals surface area contributed by atoms with Crippen molar-refractivity contribution in [3.05, 3.63) is 41.2 Å². The van der Waals surface area contributed by atoms with Crippen LogP contribution in [0.15, 0.2) is 41.2 Å². The number of halogens is 2. The van der Waals surface area contributed by atoms with Crippen molar-refractivity contribution in [3.8, 4) is 0 Å². The summed E-state index contributed by atoms with van der Waals surface area (Å²) in [6.45, 7) is 4.10. The second kappa shape index (κ2) is 4.61. The van der Waals surface area contributed by atoms with E-state index in [1.54, 1.807) is 17.0 Å². The van der Waals surface area contributed by atoms with Crippen LogP contribution in [0.2, 0.25) is 0 Å². The van der Waals surface area contributed by atoms with Gasteiger partial charge in [0, 0.05) is 0 Å². The summed E-state index contributed by atoms with van der Waals surface area (Å²) in [5.41, 5.74) is 1.53. The number of fused-ring (bicyclic) bond motifs is 1. The minimum Gasteiger partial charge on any atom is -0.274 e. The van der Waals surface area contributed by atoms with E-state index in [-0.39, 0.29) is 27.6 Å². The van der Waals surface area contributed by atoms with Crippen molar-refractivity contribution in [2.24, 2.45) is 17.3 Å². The summed E-state index contributed by atoms with van der Waals surface area (Å²) in [6.07, 6.45) is 3.34. The molecule has 3 nitrogen and oxygen atoms in total. The Morgan fingerprint density at radius 1 is 1.35 bits per heavy atom. The fourth-order valence-corrected chi connectivity index (χ4v) is 3.15. The topological polar surface area (TPSA) is 34.9 Å². The molecule has 0 radical (unpaired) electrons. The Hall–Kier alpha value is -1.32. The molecule has 1 aromatic heterocycles. The van der Waals surface area contributed by atoms with Gasteiger partial charge >= 0.3 is 0 Å². The molecule has 5 heteroatoms. The molecule has 1 heterocycles. The van der Waals surface area contributed by atoms with Crippen LogP contribution < -0.4 is 0 Å². The summed E-state index contributed by atoms with van der Waals surface area (Å²) in [5.74, 6) is -0.00620. The Kier molecular flexibility index (Phi) is 3.14. The van der Waals surface area contributed by atoms with Crippen LogP contribution in [0.25, 0.3) is 11.0 Å². The third kappa shape index (κ3) is 2.05. The zero-order chi connectivity index (χ0) is 14.5. The smallest absolute Gasteiger partial charge is 0.236 e. The van der Waals surface area contributed by atoms with E-state index in [0.29, 0.717) is 0 Å². The predicted octanol–water partition coefficient (Wildman–Crippen LogP) is 4.27. The molecule has 0 amide bonds. The summed E-state index contributed by atoms with van der Waals surface area (Å²) >= 11 is 11.5. The summed E-state index contributed by atoms with van der Waals surface area (Å²) in [6, 6.07) is 7.60. The van der Waals surface area contributed by atoms with Gasteiger partial charge in [0.25, 0.3) is 0 Å². The largest absolute Gasteiger partial charge is 0.274 e. The zero-order valence-electron chi connectivity index (χ0n) is 11.2. The van der Waals surface area contributed by atoms with E-state index in [1.165, 1.54) is 0 Å². The van der Waals surface area contributed by atoms with E-state index in [4.69, 9.17) is 23.2 Å². The van der Waals surface area contributed by atoms with Crippen LogP contribution in [-0.2, 0) is 0 Å². The molecular weight excluding hydrogens is 295 g/mol. The van der Waals surface area contributed by atoms with E-state index in [9.17, 15) is 4.79 Å². The molecule has 2 aromatic rings. The maximum Gasteiger partial charge on any atom is 0.236 e. The van der Waals surface area contributed by atoms with Crippen LogP contribution in [0.3, 0.4) is 0 Å². The van der Waals surface area contributed by atoms with E-state index in [1.807, 2.05) is 38.1 Å². The first kappa shape index (κ1) is 13.7.